The molecule has 2 aliphatic rings. The molecular formula is C11H19NO4. The molecular weight excluding hydrogens is 210 g/mol. The second-order valence-electron chi connectivity index (χ2n) is 4.55. The number of carbonyl (C=O) groups excluding carboxylic acids is 1. The third-order valence-corrected chi connectivity index (χ3v) is 3.34. The molecule has 2 rings (SSSR count). The molecule has 0 saturated carbocycles. The number of piperidine rings is 1. The fourth-order valence-corrected chi connectivity index (χ4v) is 2.29. The fraction of sp³-hybridized carbons (Fsp3) is 0.909. The quantitative estimate of drug-likeness (QED) is 0.670. The van der Waals surface area contributed by atoms with Crippen molar-refractivity contribution < 1.29 is 19.7 Å². The summed E-state index contributed by atoms with van der Waals surface area (Å²) in [5.41, 5.74) is 0. The highest BCUT2D eigenvalue weighted by Gasteiger charge is 2.34. The minimum absolute atomic E-state index is 0.127. The molecule has 2 saturated heterocycles. The average Bonchev–Trinajstić information content (AvgIpc) is 2.28. The summed E-state index contributed by atoms with van der Waals surface area (Å²) in [7, 11) is 0. The number of rotatable bonds is 2. The molecule has 2 N–H and O–H groups in total. The first kappa shape index (κ1) is 11.8. The lowest BCUT2D eigenvalue weighted by atomic mass is 10.0. The second-order valence-corrected chi connectivity index (χ2v) is 4.55. The largest absolute Gasteiger partial charge is 0.390 e. The molecule has 0 aromatic rings. The Morgan fingerprint density at radius 1 is 1.38 bits per heavy atom. The normalized spacial score (nSPS) is 36.5. The van der Waals surface area contributed by atoms with Gasteiger partial charge in [-0.05, 0) is 19.3 Å². The summed E-state index contributed by atoms with van der Waals surface area (Å²) in [6.07, 6.45) is 0.980. The van der Waals surface area contributed by atoms with E-state index in [2.05, 4.69) is 0 Å². The number of aliphatic hydroxyl groups is 2. The van der Waals surface area contributed by atoms with Crippen molar-refractivity contribution in [2.24, 2.45) is 0 Å². The van der Waals surface area contributed by atoms with Gasteiger partial charge in [0.2, 0.25) is 5.91 Å². The summed E-state index contributed by atoms with van der Waals surface area (Å²) in [6, 6.07) is 0. The molecule has 0 aromatic heterocycles. The van der Waals surface area contributed by atoms with Crippen LogP contribution in [0, 0.1) is 0 Å². The molecule has 1 amide bonds. The van der Waals surface area contributed by atoms with Gasteiger partial charge in [-0.15, -0.1) is 0 Å². The highest BCUT2D eigenvalue weighted by molar-refractivity contribution is 5.76. The molecule has 2 aliphatic heterocycles. The van der Waals surface area contributed by atoms with Crippen LogP contribution in [0.4, 0.5) is 0 Å². The number of amides is 1. The van der Waals surface area contributed by atoms with Crippen molar-refractivity contribution in [1.82, 2.24) is 4.90 Å². The highest BCUT2D eigenvalue weighted by atomic mass is 16.5. The van der Waals surface area contributed by atoms with Crippen LogP contribution in [0.15, 0.2) is 0 Å². The van der Waals surface area contributed by atoms with Gasteiger partial charge >= 0.3 is 0 Å². The molecule has 16 heavy (non-hydrogen) atoms. The summed E-state index contributed by atoms with van der Waals surface area (Å²) in [5.74, 6) is 0.127. The zero-order valence-electron chi connectivity index (χ0n) is 9.34. The Morgan fingerprint density at radius 2 is 2.19 bits per heavy atom. The molecule has 3 atom stereocenters. The molecule has 2 heterocycles. The van der Waals surface area contributed by atoms with Gasteiger partial charge in [0.1, 0.15) is 12.2 Å². The van der Waals surface area contributed by atoms with Crippen LogP contribution in [-0.2, 0) is 9.53 Å². The van der Waals surface area contributed by atoms with Gasteiger partial charge in [0, 0.05) is 26.1 Å². The van der Waals surface area contributed by atoms with Gasteiger partial charge < -0.3 is 19.8 Å². The number of hydrogen-bond donors (Lipinski definition) is 2. The Hall–Kier alpha value is -0.650. The van der Waals surface area contributed by atoms with Crippen molar-refractivity contribution in [2.45, 2.75) is 44.0 Å². The average molecular weight is 229 g/mol. The molecule has 0 unspecified atom stereocenters. The summed E-state index contributed by atoms with van der Waals surface area (Å²) >= 11 is 0. The SMILES string of the molecule is O=C1CCCCN1C[C@H]1OCC[C@@H](O)[C@@H]1O. The maximum absolute atomic E-state index is 11.6. The standard InChI is InChI=1S/C11H19NO4/c13-8-4-6-16-9(11(8)15)7-12-5-2-1-3-10(12)14/h8-9,11,13,15H,1-7H2/t8-,9-,11+/m1/s1. The van der Waals surface area contributed by atoms with E-state index >= 15 is 0 Å². The van der Waals surface area contributed by atoms with Crippen molar-refractivity contribution in [3.63, 3.8) is 0 Å². The Bertz CT molecular complexity index is 258. The summed E-state index contributed by atoms with van der Waals surface area (Å²) in [5, 5.41) is 19.3. The van der Waals surface area contributed by atoms with E-state index in [1.807, 2.05) is 0 Å². The van der Waals surface area contributed by atoms with Gasteiger partial charge in [-0.25, -0.2) is 0 Å². The van der Waals surface area contributed by atoms with E-state index in [0.717, 1.165) is 19.4 Å². The van der Waals surface area contributed by atoms with Crippen molar-refractivity contribution in [1.29, 1.82) is 0 Å². The van der Waals surface area contributed by atoms with Crippen molar-refractivity contribution >= 4 is 5.91 Å². The van der Waals surface area contributed by atoms with E-state index in [9.17, 15) is 15.0 Å². The Morgan fingerprint density at radius 3 is 2.94 bits per heavy atom. The minimum atomic E-state index is -0.872. The first-order valence-corrected chi connectivity index (χ1v) is 5.94. The predicted molar refractivity (Wildman–Crippen MR) is 56.8 cm³/mol. The zero-order chi connectivity index (χ0) is 11.5. The lowest BCUT2D eigenvalue weighted by Crippen LogP contribution is -2.51. The molecule has 5 nitrogen and oxygen atoms in total. The van der Waals surface area contributed by atoms with Crippen LogP contribution < -0.4 is 0 Å². The van der Waals surface area contributed by atoms with E-state index in [4.69, 9.17) is 4.74 Å². The minimum Gasteiger partial charge on any atom is -0.390 e. The van der Waals surface area contributed by atoms with E-state index in [-0.39, 0.29) is 5.91 Å². The van der Waals surface area contributed by atoms with Gasteiger partial charge in [-0.2, -0.15) is 0 Å². The molecule has 0 spiro atoms. The maximum Gasteiger partial charge on any atom is 0.222 e. The highest BCUT2D eigenvalue weighted by Crippen LogP contribution is 2.18. The van der Waals surface area contributed by atoms with Crippen LogP contribution in [0.2, 0.25) is 0 Å². The maximum atomic E-state index is 11.6. The fourth-order valence-electron chi connectivity index (χ4n) is 2.29. The predicted octanol–water partition coefficient (Wildman–Crippen LogP) is -0.490. The van der Waals surface area contributed by atoms with E-state index < -0.39 is 18.3 Å². The zero-order valence-corrected chi connectivity index (χ0v) is 9.34. The van der Waals surface area contributed by atoms with Gasteiger partial charge in [0.25, 0.3) is 0 Å². The smallest absolute Gasteiger partial charge is 0.222 e. The number of ether oxygens (including phenoxy) is 1. The third-order valence-electron chi connectivity index (χ3n) is 3.34. The van der Waals surface area contributed by atoms with Crippen LogP contribution in [0.25, 0.3) is 0 Å². The molecule has 2 fully saturated rings. The van der Waals surface area contributed by atoms with Crippen molar-refractivity contribution in [3.8, 4) is 0 Å². The van der Waals surface area contributed by atoms with Crippen LogP contribution >= 0.6 is 0 Å². The van der Waals surface area contributed by atoms with E-state index in [1.54, 1.807) is 4.90 Å². The second kappa shape index (κ2) is 5.12. The van der Waals surface area contributed by atoms with Gasteiger partial charge in [0.05, 0.1) is 6.10 Å². The third kappa shape index (κ3) is 2.53. The van der Waals surface area contributed by atoms with Crippen LogP contribution in [0.1, 0.15) is 25.7 Å². The Balaban J connectivity index is 1.90. The van der Waals surface area contributed by atoms with Gasteiger partial charge in [-0.3, -0.25) is 4.79 Å². The van der Waals surface area contributed by atoms with E-state index in [0.29, 0.717) is 26.0 Å². The Kier molecular flexibility index (Phi) is 3.78. The molecule has 0 aromatic carbocycles. The number of likely N-dealkylation sites (tertiary alicyclic amines) is 1. The van der Waals surface area contributed by atoms with Gasteiger partial charge in [-0.1, -0.05) is 0 Å². The summed E-state index contributed by atoms with van der Waals surface area (Å²) in [6.45, 7) is 1.59. The van der Waals surface area contributed by atoms with Crippen molar-refractivity contribution in [3.05, 3.63) is 0 Å². The molecule has 92 valence electrons. The van der Waals surface area contributed by atoms with Crippen LogP contribution in [-0.4, -0.2) is 59.0 Å². The lowest BCUT2D eigenvalue weighted by molar-refractivity contribution is -0.153. The van der Waals surface area contributed by atoms with Crippen LogP contribution in [0.5, 0.6) is 0 Å². The summed E-state index contributed by atoms with van der Waals surface area (Å²) < 4.78 is 5.41. The summed E-state index contributed by atoms with van der Waals surface area (Å²) in [4.78, 5) is 13.3. The topological polar surface area (TPSA) is 70.0 Å². The Labute approximate surface area is 95.0 Å². The van der Waals surface area contributed by atoms with Crippen LogP contribution in [0.3, 0.4) is 0 Å². The number of hydrogen-bond acceptors (Lipinski definition) is 4. The molecule has 0 bridgehead atoms. The van der Waals surface area contributed by atoms with E-state index in [1.165, 1.54) is 0 Å². The first-order chi connectivity index (χ1) is 7.68. The first-order valence-electron chi connectivity index (χ1n) is 5.94. The lowest BCUT2D eigenvalue weighted by Gasteiger charge is -2.36. The molecule has 0 aliphatic carbocycles. The number of nitrogens with zero attached hydrogens (tertiary/aromatic N) is 1. The monoisotopic (exact) mass is 229 g/mol. The number of aliphatic hydroxyl groups excluding tert-OH is 2. The van der Waals surface area contributed by atoms with Gasteiger partial charge in [0.15, 0.2) is 0 Å². The number of carbonyl (C=O) groups is 1. The molecule has 0 radical (unpaired) electrons. The molecule has 5 heteroatoms. The van der Waals surface area contributed by atoms with Crippen molar-refractivity contribution in [2.75, 3.05) is 19.7 Å².